The number of hydrogen-bond acceptors (Lipinski definition) is 4. The number of hydrogen-bond donors (Lipinski definition) is 1. The van der Waals surface area contributed by atoms with E-state index in [1.54, 1.807) is 0 Å². The molecular formula is C35H50N6O2. The highest BCUT2D eigenvalue weighted by Crippen LogP contribution is 2.42. The maximum absolute atomic E-state index is 13.4. The first-order valence-electron chi connectivity index (χ1n) is 17.3. The molecule has 2 saturated heterocycles. The Morgan fingerprint density at radius 3 is 2.37 bits per heavy atom. The van der Waals surface area contributed by atoms with Crippen LogP contribution in [0.1, 0.15) is 107 Å². The number of nitrogens with one attached hydrogen (secondary N) is 1. The third-order valence-corrected chi connectivity index (χ3v) is 11.3. The summed E-state index contributed by atoms with van der Waals surface area (Å²) in [7, 11) is 0. The molecule has 2 saturated carbocycles. The first-order valence-corrected chi connectivity index (χ1v) is 17.3. The third kappa shape index (κ3) is 5.96. The quantitative estimate of drug-likeness (QED) is 0.413. The highest BCUT2D eigenvalue weighted by molar-refractivity contribution is 5.92. The number of para-hydroxylation sites is 1. The molecule has 0 radical (unpaired) electrons. The van der Waals surface area contributed by atoms with Crippen molar-refractivity contribution in [2.45, 2.75) is 128 Å². The van der Waals surface area contributed by atoms with Crippen LogP contribution >= 0.6 is 0 Å². The van der Waals surface area contributed by atoms with E-state index in [1.807, 2.05) is 23.1 Å². The van der Waals surface area contributed by atoms with Crippen LogP contribution in [0, 0.1) is 12.8 Å². The Bertz CT molecular complexity index is 1270. The van der Waals surface area contributed by atoms with Crippen molar-refractivity contribution in [1.29, 1.82) is 0 Å². The second kappa shape index (κ2) is 12.6. The molecule has 43 heavy (non-hydrogen) atoms. The van der Waals surface area contributed by atoms with Crippen molar-refractivity contribution >= 4 is 17.6 Å². The number of carbonyl (C=O) groups is 2. The van der Waals surface area contributed by atoms with Gasteiger partial charge in [-0.05, 0) is 76.8 Å². The average molecular weight is 587 g/mol. The Hall–Kier alpha value is -2.87. The molecule has 2 bridgehead atoms. The Labute approximate surface area is 257 Å². The number of benzene rings is 1. The molecule has 3 amide bonds. The van der Waals surface area contributed by atoms with Crippen LogP contribution in [-0.4, -0.2) is 69.0 Å². The summed E-state index contributed by atoms with van der Waals surface area (Å²) in [5.74, 6) is 1.74. The fourth-order valence-electron chi connectivity index (χ4n) is 8.81. The normalized spacial score (nSPS) is 26.2. The van der Waals surface area contributed by atoms with E-state index in [0.717, 1.165) is 75.4 Å². The number of fused-ring (bicyclic) bond motifs is 3. The van der Waals surface area contributed by atoms with E-state index in [9.17, 15) is 9.59 Å². The molecule has 4 heterocycles. The predicted octanol–water partition coefficient (Wildman–Crippen LogP) is 5.98. The molecule has 1 aromatic heterocycles. The van der Waals surface area contributed by atoms with E-state index in [1.165, 1.54) is 57.1 Å². The smallest absolute Gasteiger partial charge is 0.322 e. The molecule has 8 heteroatoms. The van der Waals surface area contributed by atoms with Gasteiger partial charge in [0.2, 0.25) is 5.91 Å². The first-order chi connectivity index (χ1) is 21.0. The Morgan fingerprint density at radius 2 is 1.67 bits per heavy atom. The summed E-state index contributed by atoms with van der Waals surface area (Å²) < 4.78 is 2.57. The second-order valence-corrected chi connectivity index (χ2v) is 13.9. The number of amides is 3. The maximum atomic E-state index is 13.4. The lowest BCUT2D eigenvalue weighted by Gasteiger charge is -2.41. The fraction of sp³-hybridized carbons (Fsp3) is 0.686. The molecule has 232 valence electrons. The van der Waals surface area contributed by atoms with Gasteiger partial charge < -0.3 is 14.8 Å². The van der Waals surface area contributed by atoms with Crippen LogP contribution in [-0.2, 0) is 17.8 Å². The van der Waals surface area contributed by atoms with E-state index in [2.05, 4.69) is 38.7 Å². The summed E-state index contributed by atoms with van der Waals surface area (Å²) >= 11 is 0. The third-order valence-electron chi connectivity index (χ3n) is 11.3. The van der Waals surface area contributed by atoms with Gasteiger partial charge in [0.1, 0.15) is 5.82 Å². The number of piperidine rings is 1. The van der Waals surface area contributed by atoms with Crippen LogP contribution in [0.2, 0.25) is 0 Å². The lowest BCUT2D eigenvalue weighted by molar-refractivity contribution is -0.139. The molecule has 0 spiro atoms. The van der Waals surface area contributed by atoms with Crippen LogP contribution in [0.5, 0.6) is 0 Å². The molecule has 5 aliphatic rings. The number of imidazole rings is 1. The molecule has 2 aromatic rings. The van der Waals surface area contributed by atoms with E-state index >= 15 is 0 Å². The van der Waals surface area contributed by atoms with Gasteiger partial charge in [-0.3, -0.25) is 14.6 Å². The summed E-state index contributed by atoms with van der Waals surface area (Å²) in [6, 6.07) is 12.3. The molecule has 1 aromatic carbocycles. The zero-order chi connectivity index (χ0) is 29.3. The molecule has 1 unspecified atom stereocenters. The second-order valence-electron chi connectivity index (χ2n) is 13.9. The molecule has 8 nitrogen and oxygen atoms in total. The van der Waals surface area contributed by atoms with E-state index in [4.69, 9.17) is 4.98 Å². The van der Waals surface area contributed by atoms with Gasteiger partial charge in [0.05, 0.1) is 12.2 Å². The van der Waals surface area contributed by atoms with E-state index < -0.39 is 0 Å². The maximum Gasteiger partial charge on any atom is 0.322 e. The van der Waals surface area contributed by atoms with Gasteiger partial charge in [0.15, 0.2) is 0 Å². The summed E-state index contributed by atoms with van der Waals surface area (Å²) in [6.07, 6.45) is 16.1. The van der Waals surface area contributed by atoms with Crippen molar-refractivity contribution < 1.29 is 9.59 Å². The van der Waals surface area contributed by atoms with Crippen LogP contribution in [0.3, 0.4) is 0 Å². The zero-order valence-electron chi connectivity index (χ0n) is 26.1. The predicted molar refractivity (Wildman–Crippen MR) is 169 cm³/mol. The van der Waals surface area contributed by atoms with Gasteiger partial charge in [-0.15, -0.1) is 0 Å². The Kier molecular flexibility index (Phi) is 8.48. The largest absolute Gasteiger partial charge is 0.336 e. The lowest BCUT2D eigenvalue weighted by Crippen LogP contribution is -2.48. The minimum Gasteiger partial charge on any atom is -0.336 e. The summed E-state index contributed by atoms with van der Waals surface area (Å²) in [6.45, 7) is 5.48. The van der Waals surface area contributed by atoms with Gasteiger partial charge in [0, 0.05) is 67.5 Å². The van der Waals surface area contributed by atoms with Crippen molar-refractivity contribution in [1.82, 2.24) is 24.7 Å². The number of aryl methyl sites for hydroxylation is 1. The number of urea groups is 1. The van der Waals surface area contributed by atoms with Crippen molar-refractivity contribution in [3.8, 4) is 0 Å². The standard InChI is InChI=1S/C35H50N6O2/c1-25-36-32-24-38(34(42)26-10-8-11-26)21-18-33(32)41(25)31-22-29-16-17-30(23-31)39(29)19-9-20-40(28-14-6-3-7-15-28)35(43)37-27-12-4-2-5-13-27/h3,6-7,14-15,26-27,29-31H,2,4-5,8-13,16-24H2,1H3,(H,37,43)/t29-,30+,31?. The van der Waals surface area contributed by atoms with Crippen LogP contribution in [0.4, 0.5) is 10.5 Å². The van der Waals surface area contributed by atoms with E-state index in [-0.39, 0.29) is 11.9 Å². The van der Waals surface area contributed by atoms with Crippen molar-refractivity contribution in [3.05, 3.63) is 47.5 Å². The highest BCUT2D eigenvalue weighted by atomic mass is 16.2. The molecule has 4 fully saturated rings. The van der Waals surface area contributed by atoms with Crippen LogP contribution in [0.25, 0.3) is 0 Å². The summed E-state index contributed by atoms with van der Waals surface area (Å²) in [4.78, 5) is 38.2. The monoisotopic (exact) mass is 586 g/mol. The first kappa shape index (κ1) is 28.9. The summed E-state index contributed by atoms with van der Waals surface area (Å²) in [5.41, 5.74) is 3.51. The van der Waals surface area contributed by atoms with Crippen molar-refractivity contribution in [3.63, 3.8) is 0 Å². The van der Waals surface area contributed by atoms with Gasteiger partial charge in [0.25, 0.3) is 0 Å². The number of aromatic nitrogens is 2. The Morgan fingerprint density at radius 1 is 0.930 bits per heavy atom. The summed E-state index contributed by atoms with van der Waals surface area (Å²) in [5, 5.41) is 3.35. The molecule has 1 N–H and O–H groups in total. The fourth-order valence-corrected chi connectivity index (χ4v) is 8.81. The van der Waals surface area contributed by atoms with Crippen LogP contribution in [0.15, 0.2) is 30.3 Å². The van der Waals surface area contributed by atoms with E-state index in [0.29, 0.717) is 36.6 Å². The van der Waals surface area contributed by atoms with Gasteiger partial charge in [-0.25, -0.2) is 9.78 Å². The number of carbonyl (C=O) groups excluding carboxylic acids is 2. The van der Waals surface area contributed by atoms with Gasteiger partial charge in [-0.1, -0.05) is 43.9 Å². The highest BCUT2D eigenvalue weighted by Gasteiger charge is 2.42. The zero-order valence-corrected chi connectivity index (χ0v) is 26.1. The molecule has 7 rings (SSSR count). The number of rotatable bonds is 8. The molecule has 3 aliphatic heterocycles. The molecular weight excluding hydrogens is 536 g/mol. The van der Waals surface area contributed by atoms with Gasteiger partial charge >= 0.3 is 6.03 Å². The minimum absolute atomic E-state index is 0.0630. The van der Waals surface area contributed by atoms with Crippen molar-refractivity contribution in [2.75, 3.05) is 24.5 Å². The molecule has 3 atom stereocenters. The lowest BCUT2D eigenvalue weighted by atomic mass is 9.84. The topological polar surface area (TPSA) is 73.7 Å². The number of nitrogens with zero attached hydrogens (tertiary/aromatic N) is 5. The number of anilines is 1. The minimum atomic E-state index is 0.0630. The molecule has 2 aliphatic carbocycles. The average Bonchev–Trinajstić information content (AvgIpc) is 3.44. The van der Waals surface area contributed by atoms with Crippen molar-refractivity contribution in [2.24, 2.45) is 5.92 Å². The Balaban J connectivity index is 0.970. The van der Waals surface area contributed by atoms with Gasteiger partial charge in [-0.2, -0.15) is 0 Å². The van der Waals surface area contributed by atoms with Crippen LogP contribution < -0.4 is 10.2 Å². The SMILES string of the molecule is Cc1nc2c(n1C1C[C@H]3CC[C@@H](C1)N3CCCN(C(=O)NC1CCCCC1)c1ccccc1)CCN(C(=O)C1CCC1)C2.